The highest BCUT2D eigenvalue weighted by molar-refractivity contribution is 6.07. The van der Waals surface area contributed by atoms with Gasteiger partial charge in [0.2, 0.25) is 5.91 Å². The van der Waals surface area contributed by atoms with Gasteiger partial charge in [0.25, 0.3) is 0 Å². The monoisotopic (exact) mass is 456 g/mol. The first-order chi connectivity index (χ1) is 15.8. The predicted molar refractivity (Wildman–Crippen MR) is 115 cm³/mol. The Hall–Kier alpha value is -2.20. The molecule has 0 aromatic heterocycles. The molecule has 9 nitrogen and oxygen atoms in total. The zero-order chi connectivity index (χ0) is 22.9. The summed E-state index contributed by atoms with van der Waals surface area (Å²) in [7, 11) is 5.13. The molecule has 1 aromatic carbocycles. The molecule has 1 aliphatic carbocycles. The first-order valence-corrected chi connectivity index (χ1v) is 11.6. The normalized spacial score (nSPS) is 44.9. The summed E-state index contributed by atoms with van der Waals surface area (Å²) < 4.78 is 23.5. The minimum absolute atomic E-state index is 0.00577. The fourth-order valence-corrected chi connectivity index (χ4v) is 7.84. The molecule has 33 heavy (non-hydrogen) atoms. The average molecular weight is 456 g/mol. The van der Waals surface area contributed by atoms with Crippen LogP contribution in [0.5, 0.6) is 11.5 Å². The minimum atomic E-state index is -1.40. The van der Waals surface area contributed by atoms with Crippen molar-refractivity contribution in [2.75, 3.05) is 45.9 Å². The van der Waals surface area contributed by atoms with Crippen LogP contribution in [0.1, 0.15) is 24.8 Å². The number of anilines is 1. The topological polar surface area (TPSA) is 101 Å². The van der Waals surface area contributed by atoms with Crippen molar-refractivity contribution < 1.29 is 33.6 Å². The van der Waals surface area contributed by atoms with Gasteiger partial charge in [-0.05, 0) is 31.6 Å². The summed E-state index contributed by atoms with van der Waals surface area (Å²) in [4.78, 5) is 31.7. The Kier molecular flexibility index (Phi) is 3.72. The van der Waals surface area contributed by atoms with E-state index in [-0.39, 0.29) is 30.6 Å². The molecule has 176 valence electrons. The molecular weight excluding hydrogens is 428 g/mol. The Balaban J connectivity index is 1.54. The van der Waals surface area contributed by atoms with E-state index in [4.69, 9.17) is 18.9 Å². The largest absolute Gasteiger partial charge is 0.493 e. The van der Waals surface area contributed by atoms with Crippen LogP contribution < -0.4 is 14.4 Å². The molecule has 1 spiro atoms. The summed E-state index contributed by atoms with van der Waals surface area (Å²) >= 11 is 0. The Labute approximate surface area is 191 Å². The van der Waals surface area contributed by atoms with Crippen LogP contribution in [0.15, 0.2) is 12.1 Å². The molecule has 1 N–H and O–H groups in total. The van der Waals surface area contributed by atoms with E-state index >= 15 is 0 Å². The van der Waals surface area contributed by atoms with E-state index in [0.717, 1.165) is 5.56 Å². The first kappa shape index (κ1) is 20.2. The smallest absolute Gasteiger partial charge is 0.229 e. The van der Waals surface area contributed by atoms with E-state index in [1.54, 1.807) is 25.2 Å². The number of fused-ring (bicyclic) bond motifs is 2. The van der Waals surface area contributed by atoms with E-state index in [9.17, 15) is 14.7 Å². The van der Waals surface area contributed by atoms with Crippen molar-refractivity contribution in [3.63, 3.8) is 0 Å². The number of benzene rings is 1. The lowest BCUT2D eigenvalue weighted by Crippen LogP contribution is -2.74. The van der Waals surface area contributed by atoms with Crippen molar-refractivity contribution in [3.8, 4) is 11.5 Å². The molecule has 1 saturated carbocycles. The lowest BCUT2D eigenvalue weighted by Gasteiger charge is -2.57. The minimum Gasteiger partial charge on any atom is -0.493 e. The average Bonchev–Trinajstić information content (AvgIpc) is 3.42. The molecule has 5 aliphatic heterocycles. The summed E-state index contributed by atoms with van der Waals surface area (Å²) in [6.07, 6.45) is -0.0271. The van der Waals surface area contributed by atoms with Crippen molar-refractivity contribution in [2.45, 2.75) is 54.1 Å². The molecule has 7 unspecified atom stereocenters. The number of epoxide rings is 1. The molecule has 4 bridgehead atoms. The second-order valence-electron chi connectivity index (χ2n) is 10.5. The maximum Gasteiger partial charge on any atom is 0.229 e. The Bertz CT molecular complexity index is 1110. The van der Waals surface area contributed by atoms with Gasteiger partial charge in [0.05, 0.1) is 50.5 Å². The van der Waals surface area contributed by atoms with Gasteiger partial charge in [0.1, 0.15) is 23.1 Å². The van der Waals surface area contributed by atoms with Gasteiger partial charge < -0.3 is 33.9 Å². The van der Waals surface area contributed by atoms with Gasteiger partial charge >= 0.3 is 0 Å². The highest BCUT2D eigenvalue weighted by Gasteiger charge is 2.81. The molecule has 1 aromatic rings. The quantitative estimate of drug-likeness (QED) is 0.633. The standard InChI is InChI=1S/C24H28N2O7/c1-25-5-4-22-12-6-14(30-2)15(31-3)7-13(12)26-19(28)8-16-20(21(22)26)23(29,9-17(22)27)24(11-25)18(33-24)10-32-16/h6-7,16,18,20-21,29H,4-5,8-11H2,1-3H3. The molecular formula is C24H28N2O7. The Morgan fingerprint density at radius 3 is 2.70 bits per heavy atom. The van der Waals surface area contributed by atoms with Crippen LogP contribution in [0.2, 0.25) is 0 Å². The van der Waals surface area contributed by atoms with Gasteiger partial charge in [-0.3, -0.25) is 9.59 Å². The molecule has 4 saturated heterocycles. The number of nitrogens with zero attached hydrogens (tertiary/aromatic N) is 2. The molecule has 5 heterocycles. The SMILES string of the molecule is COc1cc2c(cc1OC)C13CCN(C)CC45OC4COC4CC(=O)N2C1C4C5(O)CC3=O. The van der Waals surface area contributed by atoms with E-state index in [2.05, 4.69) is 4.90 Å². The number of likely N-dealkylation sites (N-methyl/N-ethyl adjacent to an activating group) is 1. The van der Waals surface area contributed by atoms with E-state index in [1.807, 2.05) is 13.1 Å². The number of aliphatic hydroxyl groups is 1. The van der Waals surface area contributed by atoms with Gasteiger partial charge in [-0.2, -0.15) is 0 Å². The summed E-state index contributed by atoms with van der Waals surface area (Å²) in [6.45, 7) is 1.50. The van der Waals surface area contributed by atoms with Crippen LogP contribution in [-0.4, -0.2) is 92.1 Å². The first-order valence-electron chi connectivity index (χ1n) is 11.6. The third-order valence-electron chi connectivity index (χ3n) is 9.29. The fourth-order valence-electron chi connectivity index (χ4n) is 7.84. The number of amides is 1. The maximum atomic E-state index is 14.2. The Morgan fingerprint density at radius 2 is 1.94 bits per heavy atom. The van der Waals surface area contributed by atoms with Crippen molar-refractivity contribution in [2.24, 2.45) is 5.92 Å². The predicted octanol–water partition coefficient (Wildman–Crippen LogP) is 0.253. The highest BCUT2D eigenvalue weighted by Crippen LogP contribution is 2.67. The summed E-state index contributed by atoms with van der Waals surface area (Å²) in [5.41, 5.74) is -1.75. The van der Waals surface area contributed by atoms with E-state index in [1.165, 1.54) is 0 Å². The van der Waals surface area contributed by atoms with Crippen LogP contribution in [0, 0.1) is 5.92 Å². The number of piperidine rings is 1. The van der Waals surface area contributed by atoms with Gasteiger partial charge in [-0.25, -0.2) is 0 Å². The van der Waals surface area contributed by atoms with Crippen LogP contribution in [0.25, 0.3) is 0 Å². The number of ether oxygens (including phenoxy) is 4. The third-order valence-corrected chi connectivity index (χ3v) is 9.29. The number of methoxy groups -OCH3 is 2. The van der Waals surface area contributed by atoms with E-state index in [0.29, 0.717) is 43.3 Å². The van der Waals surface area contributed by atoms with Crippen molar-refractivity contribution in [1.82, 2.24) is 4.90 Å². The second-order valence-corrected chi connectivity index (χ2v) is 10.5. The van der Waals surface area contributed by atoms with Gasteiger partial charge in [0.15, 0.2) is 11.5 Å². The lowest BCUT2D eigenvalue weighted by atomic mass is 9.52. The maximum absolute atomic E-state index is 14.2. The zero-order valence-corrected chi connectivity index (χ0v) is 19.0. The lowest BCUT2D eigenvalue weighted by molar-refractivity contribution is -0.182. The molecule has 7 rings (SSSR count). The number of hydrogen-bond donors (Lipinski definition) is 1. The van der Waals surface area contributed by atoms with Crippen molar-refractivity contribution >= 4 is 17.4 Å². The molecule has 5 fully saturated rings. The highest BCUT2D eigenvalue weighted by atomic mass is 16.7. The number of carbonyl (C=O) groups excluding carboxylic acids is 2. The molecule has 9 heteroatoms. The van der Waals surface area contributed by atoms with Crippen molar-refractivity contribution in [3.05, 3.63) is 17.7 Å². The Morgan fingerprint density at radius 1 is 1.18 bits per heavy atom. The number of ketones is 1. The van der Waals surface area contributed by atoms with Crippen LogP contribution in [-0.2, 0) is 24.5 Å². The summed E-state index contributed by atoms with van der Waals surface area (Å²) in [5.74, 6) is 0.464. The van der Waals surface area contributed by atoms with Gasteiger partial charge in [-0.1, -0.05) is 0 Å². The molecule has 7 atom stereocenters. The number of rotatable bonds is 2. The zero-order valence-electron chi connectivity index (χ0n) is 19.0. The van der Waals surface area contributed by atoms with Gasteiger partial charge in [0, 0.05) is 24.9 Å². The number of carbonyl (C=O) groups is 2. The number of hydrogen-bond acceptors (Lipinski definition) is 8. The van der Waals surface area contributed by atoms with Crippen LogP contribution in [0.4, 0.5) is 5.69 Å². The summed E-state index contributed by atoms with van der Waals surface area (Å²) in [5, 5.41) is 12.4. The number of Topliss-reactive ketones (excluding diaryl/α,β-unsaturated/α-hetero) is 1. The fraction of sp³-hybridized carbons (Fsp3) is 0.667. The van der Waals surface area contributed by atoms with Gasteiger partial charge in [-0.15, -0.1) is 0 Å². The van der Waals surface area contributed by atoms with E-state index < -0.39 is 34.7 Å². The second kappa shape index (κ2) is 6.07. The van der Waals surface area contributed by atoms with Crippen LogP contribution in [0.3, 0.4) is 0 Å². The molecule has 6 aliphatic rings. The van der Waals surface area contributed by atoms with Crippen molar-refractivity contribution in [1.29, 1.82) is 0 Å². The van der Waals surface area contributed by atoms with Crippen LogP contribution >= 0.6 is 0 Å². The molecule has 0 radical (unpaired) electrons. The molecule has 1 amide bonds. The third kappa shape index (κ3) is 2.10. The summed E-state index contributed by atoms with van der Waals surface area (Å²) in [6, 6.07) is 3.13.